The molecule has 9 heteroatoms. The lowest BCUT2D eigenvalue weighted by Crippen LogP contribution is -2.24. The number of hydrogen-bond acceptors (Lipinski definition) is 6. The summed E-state index contributed by atoms with van der Waals surface area (Å²) in [7, 11) is 0. The lowest BCUT2D eigenvalue weighted by Gasteiger charge is -2.10. The summed E-state index contributed by atoms with van der Waals surface area (Å²) in [4.78, 5) is 20.7. The van der Waals surface area contributed by atoms with Crippen LogP contribution in [0.25, 0.3) is 0 Å². The summed E-state index contributed by atoms with van der Waals surface area (Å²) in [6.45, 7) is 0.508. The number of nitrogens with two attached hydrogens (primary N) is 1. The van der Waals surface area contributed by atoms with Gasteiger partial charge >= 0.3 is 6.03 Å². The van der Waals surface area contributed by atoms with E-state index in [0.29, 0.717) is 17.1 Å². The maximum absolute atomic E-state index is 10.6. The Morgan fingerprint density at radius 1 is 1.16 bits per heavy atom. The van der Waals surface area contributed by atoms with Gasteiger partial charge in [-0.05, 0) is 24.3 Å². The van der Waals surface area contributed by atoms with Crippen LogP contribution in [0, 0.1) is 10.1 Å². The molecule has 0 heterocycles. The van der Waals surface area contributed by atoms with E-state index >= 15 is 0 Å². The molecule has 25 heavy (non-hydrogen) atoms. The van der Waals surface area contributed by atoms with Crippen molar-refractivity contribution in [2.45, 2.75) is 0 Å². The normalized spacial score (nSPS) is 10.4. The molecule has 0 radical (unpaired) electrons. The summed E-state index contributed by atoms with van der Waals surface area (Å²) in [5.74, 6) is 1.07. The number of rotatable bonds is 8. The van der Waals surface area contributed by atoms with E-state index in [-0.39, 0.29) is 18.9 Å². The highest BCUT2D eigenvalue weighted by Crippen LogP contribution is 2.18. The molecular weight excluding hydrogens is 328 g/mol. The van der Waals surface area contributed by atoms with Crippen molar-refractivity contribution < 1.29 is 19.2 Å². The molecular formula is C16H16N4O5. The SMILES string of the molecule is NC(=O)NN=Cc1ccccc1OCCOc1ccc([N+](=O)[O-])cc1. The van der Waals surface area contributed by atoms with Gasteiger partial charge in [-0.1, -0.05) is 12.1 Å². The van der Waals surface area contributed by atoms with Crippen LogP contribution in [0.3, 0.4) is 0 Å². The van der Waals surface area contributed by atoms with Gasteiger partial charge in [0.05, 0.1) is 11.1 Å². The first-order chi connectivity index (χ1) is 12.1. The quantitative estimate of drug-likeness (QED) is 0.328. The molecule has 0 atom stereocenters. The maximum Gasteiger partial charge on any atom is 0.332 e. The van der Waals surface area contributed by atoms with E-state index in [4.69, 9.17) is 15.2 Å². The van der Waals surface area contributed by atoms with E-state index in [0.717, 1.165) is 0 Å². The summed E-state index contributed by atoms with van der Waals surface area (Å²) >= 11 is 0. The van der Waals surface area contributed by atoms with Crippen LogP contribution in [-0.2, 0) is 0 Å². The molecule has 2 aromatic carbocycles. The highest BCUT2D eigenvalue weighted by molar-refractivity contribution is 5.84. The predicted octanol–water partition coefficient (Wildman–Crippen LogP) is 2.05. The first kappa shape index (κ1) is 17.7. The molecule has 3 N–H and O–H groups in total. The number of nitrogens with zero attached hydrogens (tertiary/aromatic N) is 2. The van der Waals surface area contributed by atoms with Gasteiger partial charge in [0.15, 0.2) is 0 Å². The third-order valence-corrected chi connectivity index (χ3v) is 2.95. The van der Waals surface area contributed by atoms with Crippen LogP contribution >= 0.6 is 0 Å². The Morgan fingerprint density at radius 3 is 2.52 bits per heavy atom. The summed E-state index contributed by atoms with van der Waals surface area (Å²) in [6, 6.07) is 12.1. The van der Waals surface area contributed by atoms with E-state index in [1.165, 1.54) is 30.5 Å². The topological polar surface area (TPSA) is 129 Å². The number of benzene rings is 2. The minimum absolute atomic E-state index is 0.00128. The second-order valence-electron chi connectivity index (χ2n) is 4.72. The van der Waals surface area contributed by atoms with Crippen LogP contribution in [0.15, 0.2) is 53.6 Å². The lowest BCUT2D eigenvalue weighted by atomic mass is 10.2. The first-order valence-corrected chi connectivity index (χ1v) is 7.24. The van der Waals surface area contributed by atoms with Gasteiger partial charge in [0.1, 0.15) is 24.7 Å². The zero-order chi connectivity index (χ0) is 18.1. The zero-order valence-electron chi connectivity index (χ0n) is 13.1. The summed E-state index contributed by atoms with van der Waals surface area (Å²) in [5, 5.41) is 14.3. The van der Waals surface area contributed by atoms with Gasteiger partial charge in [0.2, 0.25) is 0 Å². The highest BCUT2D eigenvalue weighted by atomic mass is 16.6. The molecule has 0 fully saturated rings. The second kappa shape index (κ2) is 8.87. The zero-order valence-corrected chi connectivity index (χ0v) is 13.1. The number of non-ortho nitro benzene ring substituents is 1. The average Bonchev–Trinajstić information content (AvgIpc) is 2.60. The van der Waals surface area contributed by atoms with Crippen LogP contribution in [0.5, 0.6) is 11.5 Å². The lowest BCUT2D eigenvalue weighted by molar-refractivity contribution is -0.384. The molecule has 0 saturated carbocycles. The molecule has 2 amide bonds. The van der Waals surface area contributed by atoms with Gasteiger partial charge in [0.25, 0.3) is 5.69 Å². The number of carbonyl (C=O) groups excluding carboxylic acids is 1. The molecule has 0 aliphatic carbocycles. The van der Waals surface area contributed by atoms with Crippen molar-refractivity contribution in [1.82, 2.24) is 5.43 Å². The number of ether oxygens (including phenoxy) is 2. The largest absolute Gasteiger partial charge is 0.490 e. The van der Waals surface area contributed by atoms with Crippen molar-refractivity contribution in [3.63, 3.8) is 0 Å². The van der Waals surface area contributed by atoms with Crippen molar-refractivity contribution in [3.8, 4) is 11.5 Å². The van der Waals surface area contributed by atoms with E-state index in [9.17, 15) is 14.9 Å². The molecule has 2 aromatic rings. The Bertz CT molecular complexity index is 761. The predicted molar refractivity (Wildman–Crippen MR) is 90.8 cm³/mol. The van der Waals surface area contributed by atoms with Crippen molar-refractivity contribution in [2.24, 2.45) is 10.8 Å². The summed E-state index contributed by atoms with van der Waals surface area (Å²) in [6.07, 6.45) is 1.41. The fourth-order valence-corrected chi connectivity index (χ4v) is 1.86. The standard InChI is InChI=1S/C16H16N4O5/c17-16(21)19-18-11-12-3-1-2-4-15(12)25-10-9-24-14-7-5-13(6-8-14)20(22)23/h1-8,11H,9-10H2,(H3,17,19,21). The molecule has 0 bridgehead atoms. The summed E-state index contributed by atoms with van der Waals surface area (Å²) < 4.78 is 11.1. The molecule has 9 nitrogen and oxygen atoms in total. The third kappa shape index (κ3) is 5.82. The van der Waals surface area contributed by atoms with Crippen LogP contribution in [0.1, 0.15) is 5.56 Å². The minimum atomic E-state index is -0.758. The molecule has 0 unspecified atom stereocenters. The molecule has 0 aliphatic rings. The number of nitrogens with one attached hydrogen (secondary N) is 1. The van der Waals surface area contributed by atoms with Crippen molar-refractivity contribution in [2.75, 3.05) is 13.2 Å². The summed E-state index contributed by atoms with van der Waals surface area (Å²) in [5.41, 5.74) is 7.69. The number of urea groups is 1. The number of primary amides is 1. The van der Waals surface area contributed by atoms with Crippen LogP contribution in [-0.4, -0.2) is 30.4 Å². The van der Waals surface area contributed by atoms with Gasteiger partial charge in [-0.3, -0.25) is 10.1 Å². The fourth-order valence-electron chi connectivity index (χ4n) is 1.86. The van der Waals surface area contributed by atoms with Crippen molar-refractivity contribution in [3.05, 3.63) is 64.2 Å². The van der Waals surface area contributed by atoms with Crippen LogP contribution in [0.4, 0.5) is 10.5 Å². The van der Waals surface area contributed by atoms with Crippen LogP contribution in [0.2, 0.25) is 0 Å². The van der Waals surface area contributed by atoms with Gasteiger partial charge in [0, 0.05) is 17.7 Å². The van der Waals surface area contributed by atoms with Gasteiger partial charge < -0.3 is 15.2 Å². The van der Waals surface area contributed by atoms with E-state index < -0.39 is 11.0 Å². The van der Waals surface area contributed by atoms with Crippen molar-refractivity contribution in [1.29, 1.82) is 0 Å². The molecule has 0 spiro atoms. The van der Waals surface area contributed by atoms with Crippen molar-refractivity contribution >= 4 is 17.9 Å². The van der Waals surface area contributed by atoms with Crippen LogP contribution < -0.4 is 20.6 Å². The third-order valence-electron chi connectivity index (χ3n) is 2.95. The Hall–Kier alpha value is -3.62. The Balaban J connectivity index is 1.84. The minimum Gasteiger partial charge on any atom is -0.490 e. The molecule has 0 aliphatic heterocycles. The number of amides is 2. The monoisotopic (exact) mass is 344 g/mol. The Morgan fingerprint density at radius 2 is 1.84 bits per heavy atom. The molecule has 130 valence electrons. The molecule has 2 rings (SSSR count). The highest BCUT2D eigenvalue weighted by Gasteiger charge is 2.05. The van der Waals surface area contributed by atoms with E-state index in [1.807, 2.05) is 0 Å². The van der Waals surface area contributed by atoms with E-state index in [1.54, 1.807) is 24.3 Å². The maximum atomic E-state index is 10.6. The Labute approximate surface area is 143 Å². The number of hydrazone groups is 1. The fraction of sp³-hybridized carbons (Fsp3) is 0.125. The van der Waals surface area contributed by atoms with Gasteiger partial charge in [-0.25, -0.2) is 10.2 Å². The number of para-hydroxylation sites is 1. The average molecular weight is 344 g/mol. The smallest absolute Gasteiger partial charge is 0.332 e. The molecule has 0 aromatic heterocycles. The first-order valence-electron chi connectivity index (χ1n) is 7.24. The van der Waals surface area contributed by atoms with Gasteiger partial charge in [-0.15, -0.1) is 0 Å². The Kier molecular flexibility index (Phi) is 6.29. The van der Waals surface area contributed by atoms with E-state index in [2.05, 4.69) is 10.5 Å². The second-order valence-corrected chi connectivity index (χ2v) is 4.72. The number of nitro benzene ring substituents is 1. The van der Waals surface area contributed by atoms with Gasteiger partial charge in [-0.2, -0.15) is 5.10 Å². The number of hydrogen-bond donors (Lipinski definition) is 2. The number of carbonyl (C=O) groups is 1. The number of nitro groups is 1. The molecule has 0 saturated heterocycles.